The highest BCUT2D eigenvalue weighted by Crippen LogP contribution is 2.18. The molecular formula is C18H19N3O. The molecular weight excluding hydrogens is 274 g/mol. The van der Waals surface area contributed by atoms with Crippen LogP contribution in [0.1, 0.15) is 32.9 Å². The van der Waals surface area contributed by atoms with Gasteiger partial charge in [0.25, 0.3) is 5.91 Å². The van der Waals surface area contributed by atoms with Crippen molar-refractivity contribution in [3.8, 4) is 0 Å². The van der Waals surface area contributed by atoms with Gasteiger partial charge in [0, 0.05) is 11.9 Å². The number of benzene rings is 1. The highest BCUT2D eigenvalue weighted by molar-refractivity contribution is 6.04. The molecule has 0 unspecified atom stereocenters. The maximum absolute atomic E-state index is 12.6. The van der Waals surface area contributed by atoms with Gasteiger partial charge in [-0.05, 0) is 68.7 Å². The van der Waals surface area contributed by atoms with Gasteiger partial charge in [0.15, 0.2) is 0 Å². The van der Waals surface area contributed by atoms with Gasteiger partial charge in [-0.15, -0.1) is 0 Å². The summed E-state index contributed by atoms with van der Waals surface area (Å²) in [5.41, 5.74) is 6.39. The fourth-order valence-corrected chi connectivity index (χ4v) is 2.55. The van der Waals surface area contributed by atoms with E-state index in [-0.39, 0.29) is 5.91 Å². The summed E-state index contributed by atoms with van der Waals surface area (Å²) in [6.07, 6.45) is 1.89. The molecule has 0 saturated carbocycles. The summed E-state index contributed by atoms with van der Waals surface area (Å²) in [7, 11) is 0. The Balaban J connectivity index is 1.98. The highest BCUT2D eigenvalue weighted by Gasteiger charge is 2.16. The number of carbonyl (C=O) groups excluding carboxylic acids is 1. The molecule has 0 aliphatic carbocycles. The number of imidazole rings is 1. The predicted octanol–water partition coefficient (Wildman–Crippen LogP) is 3.82. The molecule has 4 nitrogen and oxygen atoms in total. The van der Waals surface area contributed by atoms with E-state index in [4.69, 9.17) is 0 Å². The van der Waals surface area contributed by atoms with Gasteiger partial charge in [0.1, 0.15) is 11.3 Å². The first kappa shape index (κ1) is 14.3. The lowest BCUT2D eigenvalue weighted by molar-refractivity contribution is 0.102. The molecule has 2 aromatic heterocycles. The molecule has 0 bridgehead atoms. The average molecular weight is 293 g/mol. The van der Waals surface area contributed by atoms with E-state index in [0.717, 1.165) is 28.2 Å². The highest BCUT2D eigenvalue weighted by atomic mass is 16.2. The van der Waals surface area contributed by atoms with Gasteiger partial charge in [0.05, 0.1) is 5.69 Å². The SMILES string of the molecule is Cc1ccn2c(C(=O)Nc3ccc(C)c(C)c3)c(C)nc2c1. The van der Waals surface area contributed by atoms with E-state index in [1.54, 1.807) is 0 Å². The molecule has 3 rings (SSSR count). The maximum atomic E-state index is 12.6. The first-order valence-corrected chi connectivity index (χ1v) is 7.29. The molecule has 4 heteroatoms. The Morgan fingerprint density at radius 3 is 2.55 bits per heavy atom. The number of hydrogen-bond donors (Lipinski definition) is 1. The summed E-state index contributed by atoms with van der Waals surface area (Å²) in [6, 6.07) is 9.86. The van der Waals surface area contributed by atoms with Crippen molar-refractivity contribution < 1.29 is 4.79 Å². The second-order valence-electron chi connectivity index (χ2n) is 5.73. The van der Waals surface area contributed by atoms with Gasteiger partial charge in [-0.1, -0.05) is 6.07 Å². The molecule has 0 aliphatic rings. The fraction of sp³-hybridized carbons (Fsp3) is 0.222. The van der Waals surface area contributed by atoms with Crippen LogP contribution in [0.25, 0.3) is 5.65 Å². The Labute approximate surface area is 129 Å². The third kappa shape index (κ3) is 2.48. The average Bonchev–Trinajstić information content (AvgIpc) is 2.78. The number of hydrogen-bond acceptors (Lipinski definition) is 2. The number of nitrogens with zero attached hydrogens (tertiary/aromatic N) is 2. The number of pyridine rings is 1. The van der Waals surface area contributed by atoms with E-state index >= 15 is 0 Å². The summed E-state index contributed by atoms with van der Waals surface area (Å²) >= 11 is 0. The fourth-order valence-electron chi connectivity index (χ4n) is 2.55. The minimum Gasteiger partial charge on any atom is -0.321 e. The lowest BCUT2D eigenvalue weighted by atomic mass is 10.1. The first-order valence-electron chi connectivity index (χ1n) is 7.29. The Kier molecular flexibility index (Phi) is 3.45. The molecule has 0 fully saturated rings. The maximum Gasteiger partial charge on any atom is 0.274 e. The largest absolute Gasteiger partial charge is 0.321 e. The van der Waals surface area contributed by atoms with Crippen LogP contribution in [-0.2, 0) is 0 Å². The Morgan fingerprint density at radius 2 is 1.82 bits per heavy atom. The molecule has 3 aromatic rings. The minimum absolute atomic E-state index is 0.142. The molecule has 112 valence electrons. The zero-order valence-electron chi connectivity index (χ0n) is 13.3. The normalized spacial score (nSPS) is 10.9. The van der Waals surface area contributed by atoms with Crippen LogP contribution >= 0.6 is 0 Å². The lowest BCUT2D eigenvalue weighted by Crippen LogP contribution is -2.15. The molecule has 0 atom stereocenters. The molecule has 0 radical (unpaired) electrons. The lowest BCUT2D eigenvalue weighted by Gasteiger charge is -2.08. The van der Waals surface area contributed by atoms with Crippen LogP contribution in [0.5, 0.6) is 0 Å². The summed E-state index contributed by atoms with van der Waals surface area (Å²) < 4.78 is 1.83. The predicted molar refractivity (Wildman–Crippen MR) is 88.5 cm³/mol. The topological polar surface area (TPSA) is 46.4 Å². The molecule has 1 N–H and O–H groups in total. The van der Waals surface area contributed by atoms with Crippen LogP contribution in [0.15, 0.2) is 36.5 Å². The number of aryl methyl sites for hydroxylation is 4. The first-order chi connectivity index (χ1) is 10.5. The van der Waals surface area contributed by atoms with Crippen LogP contribution in [0, 0.1) is 27.7 Å². The van der Waals surface area contributed by atoms with Gasteiger partial charge in [0.2, 0.25) is 0 Å². The Bertz CT molecular complexity index is 877. The van der Waals surface area contributed by atoms with Crippen molar-refractivity contribution >= 4 is 17.2 Å². The summed E-state index contributed by atoms with van der Waals surface area (Å²) in [5.74, 6) is -0.142. The van der Waals surface area contributed by atoms with Crippen molar-refractivity contribution in [1.82, 2.24) is 9.38 Å². The molecule has 1 aromatic carbocycles. The van der Waals surface area contributed by atoms with E-state index in [0.29, 0.717) is 5.69 Å². The summed E-state index contributed by atoms with van der Waals surface area (Å²) in [4.78, 5) is 17.1. The van der Waals surface area contributed by atoms with Crippen LogP contribution in [-0.4, -0.2) is 15.3 Å². The number of aromatic nitrogens is 2. The number of amides is 1. The monoisotopic (exact) mass is 293 g/mol. The van der Waals surface area contributed by atoms with Gasteiger partial charge in [-0.3, -0.25) is 9.20 Å². The number of rotatable bonds is 2. The number of carbonyl (C=O) groups is 1. The Morgan fingerprint density at radius 1 is 1.05 bits per heavy atom. The van der Waals surface area contributed by atoms with E-state index in [9.17, 15) is 4.79 Å². The van der Waals surface area contributed by atoms with Gasteiger partial charge >= 0.3 is 0 Å². The van der Waals surface area contributed by atoms with Crippen LogP contribution in [0.4, 0.5) is 5.69 Å². The van der Waals surface area contributed by atoms with Crippen molar-refractivity contribution in [3.63, 3.8) is 0 Å². The Hall–Kier alpha value is -2.62. The van der Waals surface area contributed by atoms with Crippen molar-refractivity contribution in [1.29, 1.82) is 0 Å². The van der Waals surface area contributed by atoms with E-state index in [1.807, 2.05) is 61.7 Å². The zero-order valence-corrected chi connectivity index (χ0v) is 13.3. The van der Waals surface area contributed by atoms with Crippen molar-refractivity contribution in [3.05, 3.63) is 64.6 Å². The van der Waals surface area contributed by atoms with Crippen molar-refractivity contribution in [2.75, 3.05) is 5.32 Å². The molecule has 2 heterocycles. The number of nitrogens with one attached hydrogen (secondary N) is 1. The quantitative estimate of drug-likeness (QED) is 0.780. The minimum atomic E-state index is -0.142. The van der Waals surface area contributed by atoms with E-state index in [1.165, 1.54) is 5.56 Å². The standard InChI is InChI=1S/C18H19N3O/c1-11-7-8-21-16(9-11)19-14(4)17(21)18(22)20-15-6-5-12(2)13(3)10-15/h5-10H,1-4H3,(H,20,22). The molecule has 0 aliphatic heterocycles. The van der Waals surface area contributed by atoms with E-state index in [2.05, 4.69) is 17.2 Å². The molecule has 22 heavy (non-hydrogen) atoms. The molecule has 0 spiro atoms. The van der Waals surface area contributed by atoms with E-state index < -0.39 is 0 Å². The van der Waals surface area contributed by atoms with Gasteiger partial charge in [-0.25, -0.2) is 4.98 Å². The summed E-state index contributed by atoms with van der Waals surface area (Å²) in [6.45, 7) is 7.96. The smallest absolute Gasteiger partial charge is 0.274 e. The van der Waals surface area contributed by atoms with Crippen molar-refractivity contribution in [2.45, 2.75) is 27.7 Å². The van der Waals surface area contributed by atoms with Gasteiger partial charge < -0.3 is 5.32 Å². The number of anilines is 1. The second-order valence-corrected chi connectivity index (χ2v) is 5.73. The second kappa shape index (κ2) is 5.30. The van der Waals surface area contributed by atoms with Gasteiger partial charge in [-0.2, -0.15) is 0 Å². The van der Waals surface area contributed by atoms with Crippen LogP contribution in [0.3, 0.4) is 0 Å². The van der Waals surface area contributed by atoms with Crippen LogP contribution in [0.2, 0.25) is 0 Å². The van der Waals surface area contributed by atoms with Crippen molar-refractivity contribution in [2.24, 2.45) is 0 Å². The summed E-state index contributed by atoms with van der Waals surface area (Å²) in [5, 5.41) is 2.96. The molecule has 1 amide bonds. The third-order valence-electron chi connectivity index (χ3n) is 3.94. The third-order valence-corrected chi connectivity index (χ3v) is 3.94. The number of fused-ring (bicyclic) bond motifs is 1. The zero-order chi connectivity index (χ0) is 15.9. The molecule has 0 saturated heterocycles. The van der Waals surface area contributed by atoms with Crippen LogP contribution < -0.4 is 5.32 Å².